The summed E-state index contributed by atoms with van der Waals surface area (Å²) in [6, 6.07) is 4.50. The molecule has 12 heavy (non-hydrogen) atoms. The van der Waals surface area contributed by atoms with Crippen LogP contribution in [0.4, 0.5) is 0 Å². The van der Waals surface area contributed by atoms with Crippen molar-refractivity contribution in [1.29, 1.82) is 0 Å². The molecule has 0 spiro atoms. The highest BCUT2D eigenvalue weighted by molar-refractivity contribution is 5.49. The van der Waals surface area contributed by atoms with E-state index in [1.54, 1.807) is 0 Å². The van der Waals surface area contributed by atoms with Gasteiger partial charge < -0.3 is 10.3 Å². The first kappa shape index (κ1) is 9.07. The summed E-state index contributed by atoms with van der Waals surface area (Å²) < 4.78 is 0. The van der Waals surface area contributed by atoms with E-state index in [9.17, 15) is 0 Å². The van der Waals surface area contributed by atoms with E-state index in [-0.39, 0.29) is 0 Å². The second-order valence-corrected chi connectivity index (χ2v) is 3.02. The van der Waals surface area contributed by atoms with Crippen LogP contribution >= 0.6 is 0 Å². The molecule has 1 unspecified atom stereocenters. The van der Waals surface area contributed by atoms with Crippen molar-refractivity contribution in [3.63, 3.8) is 0 Å². The SMILES string of the molecule is CNC(C)/C(C)=C/c1ccc[nH]1. The molecule has 2 heteroatoms. The molecule has 0 aliphatic heterocycles. The Bertz CT molecular complexity index is 247. The Morgan fingerprint density at radius 1 is 1.67 bits per heavy atom. The van der Waals surface area contributed by atoms with E-state index >= 15 is 0 Å². The van der Waals surface area contributed by atoms with Gasteiger partial charge >= 0.3 is 0 Å². The Balaban J connectivity index is 2.69. The number of nitrogens with one attached hydrogen (secondary N) is 2. The fraction of sp³-hybridized carbons (Fsp3) is 0.400. The summed E-state index contributed by atoms with van der Waals surface area (Å²) in [5.41, 5.74) is 2.49. The van der Waals surface area contributed by atoms with Crippen LogP contribution in [0.3, 0.4) is 0 Å². The highest BCUT2D eigenvalue weighted by Gasteiger charge is 1.99. The number of aromatic nitrogens is 1. The van der Waals surface area contributed by atoms with Gasteiger partial charge in [-0.05, 0) is 39.1 Å². The van der Waals surface area contributed by atoms with Crippen LogP contribution in [0.25, 0.3) is 6.08 Å². The number of aromatic amines is 1. The predicted molar refractivity (Wildman–Crippen MR) is 53.0 cm³/mol. The van der Waals surface area contributed by atoms with Crippen molar-refractivity contribution in [2.45, 2.75) is 19.9 Å². The maximum atomic E-state index is 3.19. The zero-order valence-corrected chi connectivity index (χ0v) is 7.89. The van der Waals surface area contributed by atoms with Crippen LogP contribution in [0.5, 0.6) is 0 Å². The molecule has 0 fully saturated rings. The molecular formula is C10H16N2. The van der Waals surface area contributed by atoms with E-state index in [0.717, 1.165) is 5.69 Å². The average molecular weight is 164 g/mol. The van der Waals surface area contributed by atoms with Crippen LogP contribution in [0.15, 0.2) is 23.9 Å². The lowest BCUT2D eigenvalue weighted by molar-refractivity contribution is 0.696. The van der Waals surface area contributed by atoms with Crippen molar-refractivity contribution >= 4 is 6.08 Å². The minimum absolute atomic E-state index is 0.438. The molecule has 0 amide bonds. The van der Waals surface area contributed by atoms with Crippen molar-refractivity contribution < 1.29 is 0 Å². The van der Waals surface area contributed by atoms with Gasteiger partial charge in [0.2, 0.25) is 0 Å². The topological polar surface area (TPSA) is 27.8 Å². The van der Waals surface area contributed by atoms with Crippen molar-refractivity contribution in [2.24, 2.45) is 0 Å². The monoisotopic (exact) mass is 164 g/mol. The molecule has 0 saturated carbocycles. The second-order valence-electron chi connectivity index (χ2n) is 3.02. The molecule has 2 nitrogen and oxygen atoms in total. The van der Waals surface area contributed by atoms with Crippen LogP contribution in [0.2, 0.25) is 0 Å². The van der Waals surface area contributed by atoms with Gasteiger partial charge in [0.1, 0.15) is 0 Å². The van der Waals surface area contributed by atoms with Gasteiger partial charge in [-0.15, -0.1) is 0 Å². The maximum absolute atomic E-state index is 3.19. The number of hydrogen-bond acceptors (Lipinski definition) is 1. The molecule has 0 saturated heterocycles. The van der Waals surface area contributed by atoms with E-state index in [2.05, 4.69) is 36.3 Å². The summed E-state index contributed by atoms with van der Waals surface area (Å²) in [7, 11) is 1.97. The summed E-state index contributed by atoms with van der Waals surface area (Å²) in [5, 5.41) is 3.19. The van der Waals surface area contributed by atoms with E-state index in [1.165, 1.54) is 5.57 Å². The van der Waals surface area contributed by atoms with Gasteiger partial charge in [-0.25, -0.2) is 0 Å². The molecule has 1 rings (SSSR count). The molecule has 2 N–H and O–H groups in total. The molecule has 1 aromatic rings. The van der Waals surface area contributed by atoms with Gasteiger partial charge in [-0.1, -0.05) is 5.57 Å². The molecular weight excluding hydrogens is 148 g/mol. The quantitative estimate of drug-likeness (QED) is 0.703. The molecule has 1 heterocycles. The highest BCUT2D eigenvalue weighted by Crippen LogP contribution is 2.06. The normalized spacial score (nSPS) is 14.8. The molecule has 0 aromatic carbocycles. The van der Waals surface area contributed by atoms with E-state index in [0.29, 0.717) is 6.04 Å². The smallest absolute Gasteiger partial charge is 0.0380 e. The average Bonchev–Trinajstić information content (AvgIpc) is 2.55. The molecule has 1 atom stereocenters. The summed E-state index contributed by atoms with van der Waals surface area (Å²) in [4.78, 5) is 3.14. The Morgan fingerprint density at radius 2 is 2.42 bits per heavy atom. The van der Waals surface area contributed by atoms with E-state index in [4.69, 9.17) is 0 Å². The third-order valence-corrected chi connectivity index (χ3v) is 2.12. The Morgan fingerprint density at radius 3 is 2.92 bits per heavy atom. The van der Waals surface area contributed by atoms with Crippen molar-refractivity contribution in [1.82, 2.24) is 10.3 Å². The van der Waals surface area contributed by atoms with Crippen molar-refractivity contribution in [3.05, 3.63) is 29.6 Å². The molecule has 1 aromatic heterocycles. The van der Waals surface area contributed by atoms with Gasteiger partial charge in [-0.3, -0.25) is 0 Å². The summed E-state index contributed by atoms with van der Waals surface area (Å²) >= 11 is 0. The van der Waals surface area contributed by atoms with Gasteiger partial charge in [0.15, 0.2) is 0 Å². The van der Waals surface area contributed by atoms with Gasteiger partial charge in [0, 0.05) is 17.9 Å². The first-order valence-electron chi connectivity index (χ1n) is 4.23. The van der Waals surface area contributed by atoms with Crippen LogP contribution in [-0.4, -0.2) is 18.1 Å². The number of hydrogen-bond donors (Lipinski definition) is 2. The highest BCUT2D eigenvalue weighted by atomic mass is 14.9. The Hall–Kier alpha value is -1.02. The second kappa shape index (κ2) is 4.12. The minimum atomic E-state index is 0.438. The Kier molecular flexibility index (Phi) is 3.11. The zero-order valence-electron chi connectivity index (χ0n) is 7.89. The predicted octanol–water partition coefficient (Wildman–Crippen LogP) is 2.03. The standard InChI is InChI=1S/C10H16N2/c1-8(9(2)11-3)7-10-5-4-6-12-10/h4-7,9,11-12H,1-3H3/b8-7+. The summed E-state index contributed by atoms with van der Waals surface area (Å²) in [5.74, 6) is 0. The Labute approximate surface area is 73.7 Å². The third-order valence-electron chi connectivity index (χ3n) is 2.12. The maximum Gasteiger partial charge on any atom is 0.0380 e. The molecule has 0 aliphatic rings. The first-order valence-corrected chi connectivity index (χ1v) is 4.23. The number of likely N-dealkylation sites (N-methyl/N-ethyl adjacent to an activating group) is 1. The lowest BCUT2D eigenvalue weighted by Crippen LogP contribution is -2.21. The third kappa shape index (κ3) is 2.24. The van der Waals surface area contributed by atoms with E-state index in [1.807, 2.05) is 19.3 Å². The fourth-order valence-electron chi connectivity index (χ4n) is 1.03. The lowest BCUT2D eigenvalue weighted by atomic mass is 10.1. The first-order chi connectivity index (χ1) is 5.74. The van der Waals surface area contributed by atoms with Crippen molar-refractivity contribution in [2.75, 3.05) is 7.05 Å². The number of rotatable bonds is 3. The van der Waals surface area contributed by atoms with Crippen LogP contribution in [0, 0.1) is 0 Å². The molecule has 0 aliphatic carbocycles. The van der Waals surface area contributed by atoms with Crippen LogP contribution in [0.1, 0.15) is 19.5 Å². The summed E-state index contributed by atoms with van der Waals surface area (Å²) in [6.45, 7) is 4.27. The van der Waals surface area contributed by atoms with Crippen molar-refractivity contribution in [3.8, 4) is 0 Å². The van der Waals surface area contributed by atoms with Gasteiger partial charge in [0.25, 0.3) is 0 Å². The van der Waals surface area contributed by atoms with Gasteiger partial charge in [0.05, 0.1) is 0 Å². The largest absolute Gasteiger partial charge is 0.362 e. The van der Waals surface area contributed by atoms with Gasteiger partial charge in [-0.2, -0.15) is 0 Å². The molecule has 0 bridgehead atoms. The fourth-order valence-corrected chi connectivity index (χ4v) is 1.03. The molecule has 66 valence electrons. The lowest BCUT2D eigenvalue weighted by Gasteiger charge is -2.09. The van der Waals surface area contributed by atoms with Crippen LogP contribution < -0.4 is 5.32 Å². The molecule has 0 radical (unpaired) electrons. The summed E-state index contributed by atoms with van der Waals surface area (Å²) in [6.07, 6.45) is 4.09. The zero-order chi connectivity index (χ0) is 8.97. The van der Waals surface area contributed by atoms with E-state index < -0.39 is 0 Å². The minimum Gasteiger partial charge on any atom is -0.362 e. The number of H-pyrrole nitrogens is 1. The van der Waals surface area contributed by atoms with Crippen LogP contribution in [-0.2, 0) is 0 Å².